The van der Waals surface area contributed by atoms with Gasteiger partial charge in [-0.15, -0.1) is 0 Å². The van der Waals surface area contributed by atoms with E-state index in [-0.39, 0.29) is 0 Å². The van der Waals surface area contributed by atoms with Crippen LogP contribution in [0.4, 0.5) is 0 Å². The van der Waals surface area contributed by atoms with E-state index in [0.29, 0.717) is 5.92 Å². The normalized spacial score (nSPS) is 14.7. The zero-order chi connectivity index (χ0) is 21.3. The first kappa shape index (κ1) is 20.3. The molecule has 0 bridgehead atoms. The van der Waals surface area contributed by atoms with Crippen LogP contribution in [0.25, 0.3) is 33.1 Å². The van der Waals surface area contributed by atoms with Crippen molar-refractivity contribution in [3.8, 4) is 16.9 Å². The molecule has 0 atom stereocenters. The summed E-state index contributed by atoms with van der Waals surface area (Å²) in [5.74, 6) is 2.94. The highest BCUT2D eigenvalue weighted by Gasteiger charge is 2.22. The largest absolute Gasteiger partial charge is 0.496 e. The van der Waals surface area contributed by atoms with Gasteiger partial charge in [-0.1, -0.05) is 19.0 Å². The fourth-order valence-corrected chi connectivity index (χ4v) is 4.10. The van der Waals surface area contributed by atoms with Crippen LogP contribution in [-0.4, -0.2) is 40.4 Å². The third-order valence-corrected chi connectivity index (χ3v) is 5.57. The third kappa shape index (κ3) is 3.43. The van der Waals surface area contributed by atoms with Gasteiger partial charge in [-0.3, -0.25) is 4.98 Å². The molecular weight excluding hydrogens is 380 g/mol. The minimum absolute atomic E-state index is 0.402. The number of H-pyrrole nitrogens is 1. The number of nitrogens with zero attached hydrogens (tertiary/aromatic N) is 3. The summed E-state index contributed by atoms with van der Waals surface area (Å²) in [6.07, 6.45) is 3.84. The van der Waals surface area contributed by atoms with Gasteiger partial charge in [0.05, 0.1) is 41.1 Å². The molecule has 30 heavy (non-hydrogen) atoms. The summed E-state index contributed by atoms with van der Waals surface area (Å²) in [7, 11) is 1.68. The van der Waals surface area contributed by atoms with Crippen molar-refractivity contribution in [3.05, 3.63) is 35.6 Å². The Hall–Kier alpha value is -2.93. The number of methoxy groups -OCH3 is 1. The predicted octanol–water partition coefficient (Wildman–Crippen LogP) is 5.31. The maximum absolute atomic E-state index is 5.71. The topological polar surface area (TPSA) is 86.1 Å². The number of benzene rings is 1. The number of hydrogen-bond donors (Lipinski definition) is 1. The molecule has 3 aromatic heterocycles. The quantitative estimate of drug-likeness (QED) is 0.494. The lowest BCUT2D eigenvalue weighted by molar-refractivity contribution is 0.0838. The van der Waals surface area contributed by atoms with Gasteiger partial charge in [0.15, 0.2) is 0 Å². The molecule has 0 unspecified atom stereocenters. The molecule has 1 fully saturated rings. The summed E-state index contributed by atoms with van der Waals surface area (Å²) in [6.45, 7) is 9.41. The van der Waals surface area contributed by atoms with Gasteiger partial charge in [0.25, 0.3) is 0 Å². The highest BCUT2D eigenvalue weighted by Crippen LogP contribution is 2.39. The number of hydrogen-bond acceptors (Lipinski definition) is 6. The lowest BCUT2D eigenvalue weighted by Crippen LogP contribution is -2.15. The van der Waals surface area contributed by atoms with Crippen LogP contribution in [-0.2, 0) is 4.74 Å². The molecule has 1 N–H and O–H groups in total. The van der Waals surface area contributed by atoms with E-state index in [1.165, 1.54) is 0 Å². The molecule has 4 aromatic rings. The van der Waals surface area contributed by atoms with Gasteiger partial charge < -0.3 is 19.0 Å². The Kier molecular flexibility index (Phi) is 5.72. The highest BCUT2D eigenvalue weighted by molar-refractivity contribution is 6.04. The van der Waals surface area contributed by atoms with Crippen molar-refractivity contribution in [2.75, 3.05) is 20.3 Å². The van der Waals surface area contributed by atoms with Crippen LogP contribution in [0.5, 0.6) is 5.75 Å². The summed E-state index contributed by atoms with van der Waals surface area (Å²) in [6, 6.07) is 4.05. The average Bonchev–Trinajstić information content (AvgIpc) is 3.38. The van der Waals surface area contributed by atoms with Crippen molar-refractivity contribution >= 4 is 21.9 Å². The Morgan fingerprint density at radius 3 is 2.57 bits per heavy atom. The number of aromatic nitrogens is 4. The van der Waals surface area contributed by atoms with Crippen LogP contribution in [0.2, 0.25) is 0 Å². The van der Waals surface area contributed by atoms with Gasteiger partial charge in [-0.25, -0.2) is 4.98 Å². The minimum Gasteiger partial charge on any atom is -0.496 e. The smallest absolute Gasteiger partial charge is 0.141 e. The average molecular weight is 409 g/mol. The number of imidazole rings is 1. The van der Waals surface area contributed by atoms with Crippen LogP contribution >= 0.6 is 0 Å². The van der Waals surface area contributed by atoms with Crippen molar-refractivity contribution < 1.29 is 14.0 Å². The molecule has 0 amide bonds. The van der Waals surface area contributed by atoms with E-state index in [2.05, 4.69) is 15.1 Å². The van der Waals surface area contributed by atoms with E-state index in [9.17, 15) is 0 Å². The third-order valence-electron chi connectivity index (χ3n) is 5.57. The first-order chi connectivity index (χ1) is 14.7. The molecular formula is C23H28N4O3. The molecule has 4 heterocycles. The summed E-state index contributed by atoms with van der Waals surface area (Å²) in [5.41, 5.74) is 5.45. The van der Waals surface area contributed by atoms with Crippen molar-refractivity contribution in [2.45, 2.75) is 46.5 Å². The summed E-state index contributed by atoms with van der Waals surface area (Å²) >= 11 is 0. The van der Waals surface area contributed by atoms with Crippen LogP contribution in [0, 0.1) is 13.8 Å². The highest BCUT2D eigenvalue weighted by atomic mass is 16.5. The van der Waals surface area contributed by atoms with E-state index >= 15 is 0 Å². The van der Waals surface area contributed by atoms with E-state index in [1.807, 2.05) is 46.0 Å². The Labute approximate surface area is 175 Å². The van der Waals surface area contributed by atoms with E-state index < -0.39 is 0 Å². The first-order valence-corrected chi connectivity index (χ1v) is 10.5. The maximum atomic E-state index is 5.71. The predicted molar refractivity (Wildman–Crippen MR) is 117 cm³/mol. The summed E-state index contributed by atoms with van der Waals surface area (Å²) in [4.78, 5) is 13.1. The number of aryl methyl sites for hydroxylation is 2. The molecule has 7 nitrogen and oxygen atoms in total. The van der Waals surface area contributed by atoms with Gasteiger partial charge in [0.1, 0.15) is 17.3 Å². The van der Waals surface area contributed by atoms with Crippen LogP contribution < -0.4 is 4.74 Å². The summed E-state index contributed by atoms with van der Waals surface area (Å²) in [5, 5.41) is 5.05. The first-order valence-electron chi connectivity index (χ1n) is 10.5. The van der Waals surface area contributed by atoms with Gasteiger partial charge in [-0.05, 0) is 38.8 Å². The van der Waals surface area contributed by atoms with Gasteiger partial charge in [0, 0.05) is 30.1 Å². The molecule has 1 aliphatic rings. The lowest BCUT2D eigenvalue weighted by atomic mass is 10.00. The van der Waals surface area contributed by atoms with E-state index in [1.54, 1.807) is 7.11 Å². The van der Waals surface area contributed by atoms with Gasteiger partial charge in [-0.2, -0.15) is 0 Å². The molecule has 1 saturated heterocycles. The van der Waals surface area contributed by atoms with Crippen molar-refractivity contribution in [1.29, 1.82) is 0 Å². The fraction of sp³-hybridized carbons (Fsp3) is 0.435. The number of nitrogens with one attached hydrogen (secondary N) is 1. The van der Waals surface area contributed by atoms with Gasteiger partial charge in [0.2, 0.25) is 0 Å². The van der Waals surface area contributed by atoms with Crippen LogP contribution in [0.15, 0.2) is 22.9 Å². The van der Waals surface area contributed by atoms with Crippen LogP contribution in [0.3, 0.4) is 0 Å². The SMILES string of the molecule is CC.COc1cc2c(cc1-c1c(C)noc1C)ncc1[nH]c(C3CCOCC3)nc12. The molecule has 0 saturated carbocycles. The molecule has 0 spiro atoms. The zero-order valence-electron chi connectivity index (χ0n) is 18.2. The molecule has 7 heteroatoms. The molecule has 1 aliphatic heterocycles. The van der Waals surface area contributed by atoms with E-state index in [0.717, 1.165) is 82.1 Å². The minimum atomic E-state index is 0.402. The van der Waals surface area contributed by atoms with E-state index in [4.69, 9.17) is 19.0 Å². The molecule has 5 rings (SSSR count). The Morgan fingerprint density at radius 1 is 1.13 bits per heavy atom. The molecule has 1 aromatic carbocycles. The molecule has 0 radical (unpaired) electrons. The standard InChI is InChI=1S/C21H22N4O3.C2H6/c1-11-19(12(2)28-25-11)15-8-16-14(9-18(15)26-3)20-17(10-22-16)23-21(24-20)13-4-6-27-7-5-13;1-2/h8-10,13H,4-7H2,1-3H3,(H,23,24);1-2H3. The Balaban J connectivity index is 0.00000106. The van der Waals surface area contributed by atoms with Crippen molar-refractivity contribution in [2.24, 2.45) is 0 Å². The van der Waals surface area contributed by atoms with Crippen LogP contribution in [0.1, 0.15) is 49.9 Å². The Bertz CT molecular complexity index is 1150. The van der Waals surface area contributed by atoms with Gasteiger partial charge >= 0.3 is 0 Å². The fourth-order valence-electron chi connectivity index (χ4n) is 4.10. The number of ether oxygens (including phenoxy) is 2. The summed E-state index contributed by atoms with van der Waals surface area (Å²) < 4.78 is 16.5. The zero-order valence-corrected chi connectivity index (χ0v) is 18.2. The number of pyridine rings is 1. The maximum Gasteiger partial charge on any atom is 0.141 e. The monoisotopic (exact) mass is 408 g/mol. The second-order valence-corrected chi connectivity index (χ2v) is 7.30. The molecule has 158 valence electrons. The number of fused-ring (bicyclic) bond motifs is 3. The van der Waals surface area contributed by atoms with Crippen molar-refractivity contribution in [1.82, 2.24) is 20.1 Å². The Morgan fingerprint density at radius 2 is 1.90 bits per heavy atom. The lowest BCUT2D eigenvalue weighted by Gasteiger charge is -2.19. The molecule has 0 aliphatic carbocycles. The second kappa shape index (κ2) is 8.44. The van der Waals surface area contributed by atoms with Crippen molar-refractivity contribution in [3.63, 3.8) is 0 Å². The second-order valence-electron chi connectivity index (χ2n) is 7.30. The number of aromatic amines is 1. The number of rotatable bonds is 3.